The van der Waals surface area contributed by atoms with Gasteiger partial charge in [0, 0.05) is 5.56 Å². The average molecular weight is 280 g/mol. The summed E-state index contributed by atoms with van der Waals surface area (Å²) in [5.74, 6) is -0.681. The van der Waals surface area contributed by atoms with Gasteiger partial charge in [-0.05, 0) is 37.2 Å². The number of carboxylic acid groups (broad SMARTS) is 1. The third kappa shape index (κ3) is 3.57. The highest BCUT2D eigenvalue weighted by atomic mass is 19.1. The Hall–Kier alpha value is -1.42. The number of carbonyl (C=O) groups is 1. The monoisotopic (exact) mass is 280 g/mol. The van der Waals surface area contributed by atoms with Gasteiger partial charge >= 0.3 is 5.97 Å². The number of hydrogen-bond acceptors (Lipinski definition) is 2. The van der Waals surface area contributed by atoms with E-state index in [1.54, 1.807) is 12.1 Å². The molecule has 0 radical (unpaired) electrons. The predicted molar refractivity (Wildman–Crippen MR) is 74.1 cm³/mol. The molecule has 0 spiro atoms. The van der Waals surface area contributed by atoms with Crippen molar-refractivity contribution in [2.24, 2.45) is 11.8 Å². The largest absolute Gasteiger partial charge is 0.478 e. The molecule has 2 rings (SSSR count). The van der Waals surface area contributed by atoms with Crippen LogP contribution in [0.4, 0.5) is 4.39 Å². The average Bonchev–Trinajstić information content (AvgIpc) is 2.36. The highest BCUT2D eigenvalue weighted by Crippen LogP contribution is 2.31. The van der Waals surface area contributed by atoms with Gasteiger partial charge in [0.2, 0.25) is 0 Å². The summed E-state index contributed by atoms with van der Waals surface area (Å²) in [6, 6.07) is 4.40. The molecule has 0 saturated heterocycles. The summed E-state index contributed by atoms with van der Waals surface area (Å²) in [6.45, 7) is 4.55. The summed E-state index contributed by atoms with van der Waals surface area (Å²) >= 11 is 0. The van der Waals surface area contributed by atoms with Crippen LogP contribution in [0.15, 0.2) is 18.2 Å². The summed E-state index contributed by atoms with van der Waals surface area (Å²) in [5, 5.41) is 8.90. The van der Waals surface area contributed by atoms with Gasteiger partial charge in [-0.3, -0.25) is 0 Å². The molecule has 0 heterocycles. The fraction of sp³-hybridized carbons (Fsp3) is 0.562. The molecule has 1 N–H and O–H groups in total. The molecule has 0 aromatic heterocycles. The molecule has 0 aliphatic heterocycles. The van der Waals surface area contributed by atoms with E-state index in [-0.39, 0.29) is 18.3 Å². The van der Waals surface area contributed by atoms with Crippen molar-refractivity contribution in [3.8, 4) is 0 Å². The standard InChI is InChI=1S/C16H21FO3/c1-10-6-11(2)8-13(7-10)20-9-12-4-3-5-14(15(12)17)16(18)19/h3-5,10-11,13H,6-9H2,1-2H3,(H,18,19). The van der Waals surface area contributed by atoms with Crippen LogP contribution in [-0.2, 0) is 11.3 Å². The molecule has 1 aliphatic rings. The van der Waals surface area contributed by atoms with Crippen molar-refractivity contribution >= 4 is 5.97 Å². The van der Waals surface area contributed by atoms with Crippen molar-refractivity contribution in [1.82, 2.24) is 0 Å². The first-order valence-corrected chi connectivity index (χ1v) is 7.09. The second kappa shape index (κ2) is 6.35. The molecule has 0 bridgehead atoms. The van der Waals surface area contributed by atoms with E-state index in [0.717, 1.165) is 12.8 Å². The Kier molecular flexibility index (Phi) is 4.76. The van der Waals surface area contributed by atoms with Gasteiger partial charge in [0.15, 0.2) is 0 Å². The molecule has 20 heavy (non-hydrogen) atoms. The number of halogens is 1. The lowest BCUT2D eigenvalue weighted by Crippen LogP contribution is -2.26. The van der Waals surface area contributed by atoms with Crippen molar-refractivity contribution < 1.29 is 19.0 Å². The molecule has 4 heteroatoms. The number of ether oxygens (including phenoxy) is 1. The van der Waals surface area contributed by atoms with Gasteiger partial charge in [-0.25, -0.2) is 9.18 Å². The fourth-order valence-electron chi connectivity index (χ4n) is 3.07. The summed E-state index contributed by atoms with van der Waals surface area (Å²) in [4.78, 5) is 10.9. The van der Waals surface area contributed by atoms with Crippen molar-refractivity contribution in [3.63, 3.8) is 0 Å². The van der Waals surface area contributed by atoms with Crippen LogP contribution in [0, 0.1) is 17.7 Å². The summed E-state index contributed by atoms with van der Waals surface area (Å²) < 4.78 is 19.8. The van der Waals surface area contributed by atoms with E-state index in [2.05, 4.69) is 13.8 Å². The number of benzene rings is 1. The molecule has 110 valence electrons. The number of aromatic carboxylic acids is 1. The predicted octanol–water partition coefficient (Wildman–Crippen LogP) is 3.87. The Morgan fingerprint density at radius 2 is 1.95 bits per heavy atom. The maximum atomic E-state index is 14.0. The summed E-state index contributed by atoms with van der Waals surface area (Å²) in [5.41, 5.74) is 0.0206. The Labute approximate surface area is 118 Å². The van der Waals surface area contributed by atoms with E-state index in [1.807, 2.05) is 0 Å². The molecule has 3 nitrogen and oxygen atoms in total. The number of hydrogen-bond donors (Lipinski definition) is 1. The van der Waals surface area contributed by atoms with Gasteiger partial charge in [-0.2, -0.15) is 0 Å². The molecular weight excluding hydrogens is 259 g/mol. The number of rotatable bonds is 4. The molecule has 1 saturated carbocycles. The highest BCUT2D eigenvalue weighted by molar-refractivity contribution is 5.88. The van der Waals surface area contributed by atoms with E-state index in [1.165, 1.54) is 12.5 Å². The zero-order chi connectivity index (χ0) is 14.7. The molecular formula is C16H21FO3. The SMILES string of the molecule is CC1CC(C)CC(OCc2cccc(C(=O)O)c2F)C1. The van der Waals surface area contributed by atoms with Gasteiger partial charge in [-0.15, -0.1) is 0 Å². The van der Waals surface area contributed by atoms with Gasteiger partial charge in [0.05, 0.1) is 18.3 Å². The van der Waals surface area contributed by atoms with Gasteiger partial charge < -0.3 is 9.84 Å². The third-order valence-corrected chi connectivity index (χ3v) is 3.92. The molecule has 1 aromatic carbocycles. The second-order valence-electron chi connectivity index (χ2n) is 5.93. The van der Waals surface area contributed by atoms with E-state index < -0.39 is 11.8 Å². The Morgan fingerprint density at radius 3 is 2.55 bits per heavy atom. The molecule has 1 fully saturated rings. The van der Waals surface area contributed by atoms with Crippen LogP contribution in [0.3, 0.4) is 0 Å². The van der Waals surface area contributed by atoms with Crippen LogP contribution < -0.4 is 0 Å². The van der Waals surface area contributed by atoms with E-state index in [9.17, 15) is 9.18 Å². The first-order valence-electron chi connectivity index (χ1n) is 7.09. The molecule has 1 aromatic rings. The van der Waals surface area contributed by atoms with Crippen LogP contribution >= 0.6 is 0 Å². The summed E-state index contributed by atoms with van der Waals surface area (Å²) in [7, 11) is 0. The maximum Gasteiger partial charge on any atom is 0.338 e. The minimum absolute atomic E-state index is 0.136. The maximum absolute atomic E-state index is 14.0. The molecule has 2 unspecified atom stereocenters. The minimum Gasteiger partial charge on any atom is -0.478 e. The van der Waals surface area contributed by atoms with Crippen LogP contribution in [0.25, 0.3) is 0 Å². The van der Waals surface area contributed by atoms with Gasteiger partial charge in [0.25, 0.3) is 0 Å². The van der Waals surface area contributed by atoms with Crippen LogP contribution in [0.1, 0.15) is 49.0 Å². The van der Waals surface area contributed by atoms with Gasteiger partial charge in [0.1, 0.15) is 5.82 Å². The Morgan fingerprint density at radius 1 is 1.30 bits per heavy atom. The fourth-order valence-corrected chi connectivity index (χ4v) is 3.07. The van der Waals surface area contributed by atoms with E-state index >= 15 is 0 Å². The smallest absolute Gasteiger partial charge is 0.338 e. The Bertz CT molecular complexity index is 477. The zero-order valence-corrected chi connectivity index (χ0v) is 11.9. The van der Waals surface area contributed by atoms with Crippen molar-refractivity contribution in [3.05, 3.63) is 35.1 Å². The van der Waals surface area contributed by atoms with Crippen LogP contribution in [-0.4, -0.2) is 17.2 Å². The quantitative estimate of drug-likeness (QED) is 0.910. The lowest BCUT2D eigenvalue weighted by molar-refractivity contribution is -0.0102. The lowest BCUT2D eigenvalue weighted by Gasteiger charge is -2.31. The second-order valence-corrected chi connectivity index (χ2v) is 5.93. The molecule has 0 amide bonds. The normalized spacial score (nSPS) is 26.4. The molecule has 1 aliphatic carbocycles. The van der Waals surface area contributed by atoms with Crippen molar-refractivity contribution in [2.45, 2.75) is 45.8 Å². The molecule has 2 atom stereocenters. The van der Waals surface area contributed by atoms with Crippen LogP contribution in [0.2, 0.25) is 0 Å². The Balaban J connectivity index is 2.00. The number of carboxylic acids is 1. The zero-order valence-electron chi connectivity index (χ0n) is 11.9. The van der Waals surface area contributed by atoms with Crippen LogP contribution in [0.5, 0.6) is 0 Å². The third-order valence-electron chi connectivity index (χ3n) is 3.92. The van der Waals surface area contributed by atoms with E-state index in [4.69, 9.17) is 9.84 Å². The summed E-state index contributed by atoms with van der Waals surface area (Å²) in [6.07, 6.45) is 3.33. The lowest BCUT2D eigenvalue weighted by atomic mass is 9.82. The van der Waals surface area contributed by atoms with Crippen molar-refractivity contribution in [1.29, 1.82) is 0 Å². The van der Waals surface area contributed by atoms with E-state index in [0.29, 0.717) is 17.4 Å². The first kappa shape index (κ1) is 15.0. The first-order chi connectivity index (χ1) is 9.47. The van der Waals surface area contributed by atoms with Crippen molar-refractivity contribution in [2.75, 3.05) is 0 Å². The highest BCUT2D eigenvalue weighted by Gasteiger charge is 2.25. The van der Waals surface area contributed by atoms with Gasteiger partial charge in [-0.1, -0.05) is 26.0 Å². The topological polar surface area (TPSA) is 46.5 Å². The minimum atomic E-state index is -1.25.